The topological polar surface area (TPSA) is 67.4 Å². The number of amides is 2. The summed E-state index contributed by atoms with van der Waals surface area (Å²) in [5, 5.41) is 0.943. The SMILES string of the molecule is COc1ccc(OC)c2sc(N3CCCN(C(=O)N4CCOCC4)CC3)nc12. The molecular weight excluding hydrogens is 380 g/mol. The van der Waals surface area contributed by atoms with Crippen LogP contribution in [-0.2, 0) is 4.74 Å². The number of urea groups is 1. The van der Waals surface area contributed by atoms with Gasteiger partial charge in [0.15, 0.2) is 5.13 Å². The monoisotopic (exact) mass is 406 g/mol. The van der Waals surface area contributed by atoms with Gasteiger partial charge in [0.25, 0.3) is 0 Å². The van der Waals surface area contributed by atoms with Crippen molar-refractivity contribution in [3.05, 3.63) is 12.1 Å². The first-order valence-corrected chi connectivity index (χ1v) is 10.4. The Bertz CT molecular complexity index is 796. The molecule has 0 spiro atoms. The van der Waals surface area contributed by atoms with E-state index in [1.165, 1.54) is 0 Å². The highest BCUT2D eigenvalue weighted by molar-refractivity contribution is 7.22. The average molecular weight is 407 g/mol. The van der Waals surface area contributed by atoms with Gasteiger partial charge < -0.3 is 28.9 Å². The molecule has 2 aliphatic rings. The van der Waals surface area contributed by atoms with Gasteiger partial charge in [0.05, 0.1) is 27.4 Å². The summed E-state index contributed by atoms with van der Waals surface area (Å²) < 4.78 is 17.3. The van der Waals surface area contributed by atoms with Gasteiger partial charge in [0.1, 0.15) is 21.7 Å². The number of hydrogen-bond donors (Lipinski definition) is 0. The number of hydrogen-bond acceptors (Lipinski definition) is 7. The second kappa shape index (κ2) is 8.40. The van der Waals surface area contributed by atoms with E-state index >= 15 is 0 Å². The summed E-state index contributed by atoms with van der Waals surface area (Å²) in [6.07, 6.45) is 0.917. The summed E-state index contributed by atoms with van der Waals surface area (Å²) in [5.41, 5.74) is 0.826. The molecule has 0 saturated carbocycles. The van der Waals surface area contributed by atoms with Crippen molar-refractivity contribution in [3.8, 4) is 11.5 Å². The zero-order valence-electron chi connectivity index (χ0n) is 16.3. The fraction of sp³-hybridized carbons (Fsp3) is 0.579. The van der Waals surface area contributed by atoms with Gasteiger partial charge in [-0.25, -0.2) is 9.78 Å². The molecule has 2 saturated heterocycles. The van der Waals surface area contributed by atoms with E-state index in [9.17, 15) is 4.79 Å². The molecule has 0 radical (unpaired) electrons. The molecule has 2 amide bonds. The van der Waals surface area contributed by atoms with Gasteiger partial charge in [-0.05, 0) is 18.6 Å². The smallest absolute Gasteiger partial charge is 0.320 e. The van der Waals surface area contributed by atoms with Crippen molar-refractivity contribution < 1.29 is 19.0 Å². The number of rotatable bonds is 3. The maximum absolute atomic E-state index is 12.8. The number of nitrogens with zero attached hydrogens (tertiary/aromatic N) is 4. The highest BCUT2D eigenvalue weighted by Gasteiger charge is 2.26. The molecule has 2 aromatic rings. The average Bonchev–Trinajstić information content (AvgIpc) is 3.04. The Morgan fingerprint density at radius 1 is 1.00 bits per heavy atom. The lowest BCUT2D eigenvalue weighted by Gasteiger charge is -2.32. The van der Waals surface area contributed by atoms with E-state index in [2.05, 4.69) is 4.90 Å². The number of carbonyl (C=O) groups is 1. The van der Waals surface area contributed by atoms with Gasteiger partial charge in [-0.2, -0.15) is 0 Å². The first-order valence-electron chi connectivity index (χ1n) is 9.59. The highest BCUT2D eigenvalue weighted by Crippen LogP contribution is 2.40. The summed E-state index contributed by atoms with van der Waals surface area (Å²) in [4.78, 5) is 23.7. The van der Waals surface area contributed by atoms with Crippen LogP contribution in [0.4, 0.5) is 9.93 Å². The quantitative estimate of drug-likeness (QED) is 0.779. The van der Waals surface area contributed by atoms with Crippen LogP contribution in [0, 0.1) is 0 Å². The Hall–Kier alpha value is -2.26. The van der Waals surface area contributed by atoms with Crippen LogP contribution in [0.3, 0.4) is 0 Å². The normalized spacial score (nSPS) is 18.3. The van der Waals surface area contributed by atoms with Crippen LogP contribution in [0.2, 0.25) is 0 Å². The van der Waals surface area contributed by atoms with Crippen molar-refractivity contribution >= 4 is 32.7 Å². The largest absolute Gasteiger partial charge is 0.495 e. The molecule has 1 aromatic carbocycles. The van der Waals surface area contributed by atoms with E-state index in [1.807, 2.05) is 21.9 Å². The minimum atomic E-state index is 0.123. The molecule has 0 atom stereocenters. The lowest BCUT2D eigenvalue weighted by Crippen LogP contribution is -2.49. The Morgan fingerprint density at radius 2 is 1.71 bits per heavy atom. The molecular formula is C19H26N4O4S. The number of methoxy groups -OCH3 is 2. The molecule has 152 valence electrons. The Labute approximate surface area is 168 Å². The Balaban J connectivity index is 1.50. The number of fused-ring (bicyclic) bond motifs is 1. The molecule has 3 heterocycles. The summed E-state index contributed by atoms with van der Waals surface area (Å²) >= 11 is 1.61. The van der Waals surface area contributed by atoms with Gasteiger partial charge in [-0.3, -0.25) is 0 Å². The highest BCUT2D eigenvalue weighted by atomic mass is 32.1. The third-order valence-corrected chi connectivity index (χ3v) is 6.35. The number of anilines is 1. The van der Waals surface area contributed by atoms with E-state index in [1.54, 1.807) is 25.6 Å². The van der Waals surface area contributed by atoms with Crippen molar-refractivity contribution in [2.45, 2.75) is 6.42 Å². The second-order valence-electron chi connectivity index (χ2n) is 6.85. The maximum Gasteiger partial charge on any atom is 0.320 e. The second-order valence-corrected chi connectivity index (χ2v) is 7.83. The van der Waals surface area contributed by atoms with Crippen LogP contribution in [0.25, 0.3) is 10.2 Å². The molecule has 0 aliphatic carbocycles. The number of morpholine rings is 1. The number of ether oxygens (including phenoxy) is 3. The molecule has 0 bridgehead atoms. The van der Waals surface area contributed by atoms with Crippen LogP contribution in [0.15, 0.2) is 12.1 Å². The van der Waals surface area contributed by atoms with E-state index < -0.39 is 0 Å². The van der Waals surface area contributed by atoms with Gasteiger partial charge in [-0.15, -0.1) is 0 Å². The van der Waals surface area contributed by atoms with Gasteiger partial charge in [0.2, 0.25) is 0 Å². The molecule has 2 fully saturated rings. The molecule has 0 N–H and O–H groups in total. The predicted octanol–water partition coefficient (Wildman–Crippen LogP) is 2.28. The van der Waals surface area contributed by atoms with Crippen LogP contribution >= 0.6 is 11.3 Å². The van der Waals surface area contributed by atoms with E-state index in [0.717, 1.165) is 52.9 Å². The van der Waals surface area contributed by atoms with Gasteiger partial charge in [0, 0.05) is 39.3 Å². The zero-order valence-corrected chi connectivity index (χ0v) is 17.2. The maximum atomic E-state index is 12.8. The number of aromatic nitrogens is 1. The molecule has 4 rings (SSSR count). The van der Waals surface area contributed by atoms with Crippen LogP contribution in [0.5, 0.6) is 11.5 Å². The fourth-order valence-corrected chi connectivity index (χ4v) is 4.79. The molecule has 8 nitrogen and oxygen atoms in total. The van der Waals surface area contributed by atoms with Crippen LogP contribution < -0.4 is 14.4 Å². The van der Waals surface area contributed by atoms with Crippen molar-refractivity contribution in [1.82, 2.24) is 14.8 Å². The third-order valence-electron chi connectivity index (χ3n) is 5.22. The van der Waals surface area contributed by atoms with E-state index in [0.29, 0.717) is 32.8 Å². The van der Waals surface area contributed by atoms with Crippen LogP contribution in [-0.4, -0.2) is 87.5 Å². The minimum Gasteiger partial charge on any atom is -0.495 e. The van der Waals surface area contributed by atoms with E-state index in [-0.39, 0.29) is 6.03 Å². The molecule has 1 aromatic heterocycles. The Kier molecular flexibility index (Phi) is 5.72. The predicted molar refractivity (Wildman–Crippen MR) is 109 cm³/mol. The summed E-state index contributed by atoms with van der Waals surface area (Å²) in [5.74, 6) is 1.55. The van der Waals surface area contributed by atoms with Crippen molar-refractivity contribution in [3.63, 3.8) is 0 Å². The van der Waals surface area contributed by atoms with Crippen LogP contribution in [0.1, 0.15) is 6.42 Å². The molecule has 2 aliphatic heterocycles. The molecule has 9 heteroatoms. The summed E-state index contributed by atoms with van der Waals surface area (Å²) in [6, 6.07) is 3.92. The molecule has 28 heavy (non-hydrogen) atoms. The lowest BCUT2D eigenvalue weighted by molar-refractivity contribution is 0.0438. The Morgan fingerprint density at radius 3 is 2.46 bits per heavy atom. The number of thiazole rings is 1. The third kappa shape index (κ3) is 3.68. The van der Waals surface area contributed by atoms with Gasteiger partial charge in [-0.1, -0.05) is 11.3 Å². The number of carbonyl (C=O) groups excluding carboxylic acids is 1. The molecule has 0 unspecified atom stereocenters. The zero-order chi connectivity index (χ0) is 19.5. The van der Waals surface area contributed by atoms with Crippen molar-refractivity contribution in [1.29, 1.82) is 0 Å². The van der Waals surface area contributed by atoms with Gasteiger partial charge >= 0.3 is 6.03 Å². The first-order chi connectivity index (χ1) is 13.7. The standard InChI is InChI=1S/C19H26N4O4S/c1-25-14-4-5-15(26-2)17-16(14)20-18(28-17)21-6-3-7-22(9-8-21)19(24)23-10-12-27-13-11-23/h4-5H,3,6-13H2,1-2H3. The minimum absolute atomic E-state index is 0.123. The summed E-state index contributed by atoms with van der Waals surface area (Å²) in [7, 11) is 3.32. The summed E-state index contributed by atoms with van der Waals surface area (Å²) in [6.45, 7) is 5.71. The fourth-order valence-electron chi connectivity index (χ4n) is 3.66. The first kappa shape index (κ1) is 19.1. The lowest BCUT2D eigenvalue weighted by atomic mass is 10.3. The number of benzene rings is 1. The van der Waals surface area contributed by atoms with Crippen molar-refractivity contribution in [2.75, 3.05) is 71.6 Å². The van der Waals surface area contributed by atoms with Crippen molar-refractivity contribution in [2.24, 2.45) is 0 Å². The van der Waals surface area contributed by atoms with E-state index in [4.69, 9.17) is 19.2 Å².